The third-order valence-corrected chi connectivity index (χ3v) is 3.68. The summed E-state index contributed by atoms with van der Waals surface area (Å²) < 4.78 is 10.4. The lowest BCUT2D eigenvalue weighted by molar-refractivity contribution is -0.155. The maximum atomic E-state index is 12.4. The highest BCUT2D eigenvalue weighted by atomic mass is 16.6. The first-order valence-electron chi connectivity index (χ1n) is 7.91. The van der Waals surface area contributed by atoms with Crippen LogP contribution < -0.4 is 0 Å². The number of rotatable bonds is 5. The van der Waals surface area contributed by atoms with E-state index in [2.05, 4.69) is 0 Å². The lowest BCUT2D eigenvalue weighted by atomic mass is 9.97. The van der Waals surface area contributed by atoms with Gasteiger partial charge in [-0.05, 0) is 12.0 Å². The first-order valence-corrected chi connectivity index (χ1v) is 7.91. The molecule has 2 atom stereocenters. The zero-order chi connectivity index (χ0) is 17.5. The third kappa shape index (κ3) is 4.44. The molecular formula is C18H21NO5. The molecule has 0 radical (unpaired) electrons. The molecule has 24 heavy (non-hydrogen) atoms. The SMILES string of the molecule is CCC[C@@H]1[C@@H](OC(C)=O)C(=O)C=CN1C(=O)OCc1ccccc1. The fourth-order valence-corrected chi connectivity index (χ4v) is 2.59. The summed E-state index contributed by atoms with van der Waals surface area (Å²) in [5.74, 6) is -0.877. The lowest BCUT2D eigenvalue weighted by Gasteiger charge is -2.35. The summed E-state index contributed by atoms with van der Waals surface area (Å²) >= 11 is 0. The molecule has 0 fully saturated rings. The van der Waals surface area contributed by atoms with Gasteiger partial charge in [0.15, 0.2) is 11.9 Å². The van der Waals surface area contributed by atoms with Gasteiger partial charge >= 0.3 is 12.1 Å². The molecule has 0 aliphatic carbocycles. The molecule has 128 valence electrons. The molecule has 1 aliphatic rings. The van der Waals surface area contributed by atoms with Crippen molar-refractivity contribution < 1.29 is 23.9 Å². The quantitative estimate of drug-likeness (QED) is 0.776. The van der Waals surface area contributed by atoms with Gasteiger partial charge in [-0.2, -0.15) is 0 Å². The van der Waals surface area contributed by atoms with Gasteiger partial charge in [-0.15, -0.1) is 0 Å². The fraction of sp³-hybridized carbons (Fsp3) is 0.389. The summed E-state index contributed by atoms with van der Waals surface area (Å²) in [6.45, 7) is 3.31. The number of benzene rings is 1. The Morgan fingerprint density at radius 3 is 2.54 bits per heavy atom. The molecular weight excluding hydrogens is 310 g/mol. The Labute approximate surface area is 141 Å². The van der Waals surface area contributed by atoms with Crippen molar-refractivity contribution in [3.8, 4) is 0 Å². The second-order valence-corrected chi connectivity index (χ2v) is 5.55. The normalized spacial score (nSPS) is 19.9. The predicted molar refractivity (Wildman–Crippen MR) is 86.9 cm³/mol. The van der Waals surface area contributed by atoms with E-state index < -0.39 is 24.2 Å². The van der Waals surface area contributed by atoms with Crippen LogP contribution in [0.15, 0.2) is 42.6 Å². The summed E-state index contributed by atoms with van der Waals surface area (Å²) in [6.07, 6.45) is 2.33. The maximum absolute atomic E-state index is 12.4. The molecule has 0 saturated heterocycles. The lowest BCUT2D eigenvalue weighted by Crippen LogP contribution is -2.51. The summed E-state index contributed by atoms with van der Waals surface area (Å²) in [7, 11) is 0. The van der Waals surface area contributed by atoms with E-state index in [0.717, 1.165) is 12.0 Å². The molecule has 0 spiro atoms. The second-order valence-electron chi connectivity index (χ2n) is 5.55. The number of nitrogens with zero attached hydrogens (tertiary/aromatic N) is 1. The highest BCUT2D eigenvalue weighted by molar-refractivity contribution is 5.97. The number of carbonyl (C=O) groups is 3. The Balaban J connectivity index is 2.10. The minimum atomic E-state index is -0.989. The van der Waals surface area contributed by atoms with E-state index in [1.54, 1.807) is 0 Å². The zero-order valence-electron chi connectivity index (χ0n) is 13.8. The number of ether oxygens (including phenoxy) is 2. The number of esters is 1. The minimum absolute atomic E-state index is 0.134. The average Bonchev–Trinajstić information content (AvgIpc) is 2.57. The molecule has 0 unspecified atom stereocenters. The van der Waals surface area contributed by atoms with Gasteiger partial charge < -0.3 is 9.47 Å². The van der Waals surface area contributed by atoms with E-state index in [9.17, 15) is 14.4 Å². The van der Waals surface area contributed by atoms with Crippen molar-refractivity contribution in [1.82, 2.24) is 4.90 Å². The van der Waals surface area contributed by atoms with Gasteiger partial charge in [0.25, 0.3) is 0 Å². The standard InChI is InChI=1S/C18H21NO5/c1-3-7-15-17(24-13(2)20)16(21)10-11-19(15)18(22)23-12-14-8-5-4-6-9-14/h4-6,8-11,15,17H,3,7,12H2,1-2H3/t15-,17-/m1/s1. The van der Waals surface area contributed by atoms with Crippen LogP contribution in [0.1, 0.15) is 32.3 Å². The average molecular weight is 331 g/mol. The Kier molecular flexibility index (Phi) is 6.12. The van der Waals surface area contributed by atoms with Crippen molar-refractivity contribution in [3.63, 3.8) is 0 Å². The van der Waals surface area contributed by atoms with Crippen molar-refractivity contribution in [2.75, 3.05) is 0 Å². The van der Waals surface area contributed by atoms with Gasteiger partial charge in [-0.25, -0.2) is 4.79 Å². The predicted octanol–water partition coefficient (Wildman–Crippen LogP) is 2.82. The minimum Gasteiger partial charge on any atom is -0.452 e. The molecule has 1 heterocycles. The first-order chi connectivity index (χ1) is 11.5. The van der Waals surface area contributed by atoms with Crippen molar-refractivity contribution in [2.24, 2.45) is 0 Å². The second kappa shape index (κ2) is 8.29. The van der Waals surface area contributed by atoms with E-state index >= 15 is 0 Å². The Morgan fingerprint density at radius 1 is 1.21 bits per heavy atom. The van der Waals surface area contributed by atoms with Gasteiger partial charge in [0.1, 0.15) is 6.61 Å². The van der Waals surface area contributed by atoms with Crippen LogP contribution in [0.3, 0.4) is 0 Å². The van der Waals surface area contributed by atoms with Crippen molar-refractivity contribution in [2.45, 2.75) is 45.4 Å². The summed E-state index contributed by atoms with van der Waals surface area (Å²) in [6, 6.07) is 8.76. The Hall–Kier alpha value is -2.63. The van der Waals surface area contributed by atoms with Crippen LogP contribution in [0.5, 0.6) is 0 Å². The van der Waals surface area contributed by atoms with Crippen LogP contribution in [-0.2, 0) is 25.7 Å². The molecule has 0 bridgehead atoms. The van der Waals surface area contributed by atoms with Gasteiger partial charge in [0.05, 0.1) is 6.04 Å². The molecule has 0 aromatic heterocycles. The molecule has 0 saturated carbocycles. The largest absolute Gasteiger partial charge is 0.452 e. The third-order valence-electron chi connectivity index (χ3n) is 3.68. The van der Waals surface area contributed by atoms with Crippen LogP contribution in [0.4, 0.5) is 4.79 Å². The van der Waals surface area contributed by atoms with Crippen molar-refractivity contribution in [3.05, 3.63) is 48.2 Å². The smallest absolute Gasteiger partial charge is 0.414 e. The topological polar surface area (TPSA) is 72.9 Å². The number of carbonyl (C=O) groups excluding carboxylic acids is 3. The van der Waals surface area contributed by atoms with Gasteiger partial charge in [-0.1, -0.05) is 43.7 Å². The van der Waals surface area contributed by atoms with Gasteiger partial charge in [0, 0.05) is 19.2 Å². The van der Waals surface area contributed by atoms with E-state index in [0.29, 0.717) is 6.42 Å². The summed E-state index contributed by atoms with van der Waals surface area (Å²) in [4.78, 5) is 37.0. The van der Waals surface area contributed by atoms with Gasteiger partial charge in [-0.3, -0.25) is 14.5 Å². The van der Waals surface area contributed by atoms with E-state index in [1.807, 2.05) is 37.3 Å². The first kappa shape index (κ1) is 17.7. The number of hydrogen-bond acceptors (Lipinski definition) is 5. The van der Waals surface area contributed by atoms with Crippen LogP contribution in [-0.4, -0.2) is 34.9 Å². The molecule has 1 amide bonds. The van der Waals surface area contributed by atoms with E-state index in [4.69, 9.17) is 9.47 Å². The number of amides is 1. The van der Waals surface area contributed by atoms with Crippen LogP contribution >= 0.6 is 0 Å². The fourth-order valence-electron chi connectivity index (χ4n) is 2.59. The Bertz CT molecular complexity index is 626. The molecule has 2 rings (SSSR count). The highest BCUT2D eigenvalue weighted by Crippen LogP contribution is 2.22. The van der Waals surface area contributed by atoms with Crippen LogP contribution in [0, 0.1) is 0 Å². The molecule has 1 aromatic carbocycles. The molecule has 6 nitrogen and oxygen atoms in total. The van der Waals surface area contributed by atoms with Crippen molar-refractivity contribution >= 4 is 17.8 Å². The molecule has 6 heteroatoms. The van der Waals surface area contributed by atoms with E-state index in [-0.39, 0.29) is 12.4 Å². The Morgan fingerprint density at radius 2 is 1.92 bits per heavy atom. The number of hydrogen-bond donors (Lipinski definition) is 0. The highest BCUT2D eigenvalue weighted by Gasteiger charge is 2.39. The van der Waals surface area contributed by atoms with E-state index in [1.165, 1.54) is 24.1 Å². The van der Waals surface area contributed by atoms with Crippen molar-refractivity contribution in [1.29, 1.82) is 0 Å². The zero-order valence-corrected chi connectivity index (χ0v) is 13.8. The summed E-state index contributed by atoms with van der Waals surface area (Å²) in [5.41, 5.74) is 0.867. The molecule has 1 aromatic rings. The van der Waals surface area contributed by atoms with Gasteiger partial charge in [0.2, 0.25) is 0 Å². The molecule has 1 aliphatic heterocycles. The van der Waals surface area contributed by atoms with Crippen LogP contribution in [0.25, 0.3) is 0 Å². The monoisotopic (exact) mass is 331 g/mol. The molecule has 0 N–H and O–H groups in total. The maximum Gasteiger partial charge on any atom is 0.414 e. The summed E-state index contributed by atoms with van der Waals surface area (Å²) in [5, 5.41) is 0. The van der Waals surface area contributed by atoms with Crippen LogP contribution in [0.2, 0.25) is 0 Å². The number of ketones is 1.